The number of carbonyl (C=O) groups is 1. The van der Waals surface area contributed by atoms with Crippen molar-refractivity contribution in [3.8, 4) is 0 Å². The number of nitrogens with one attached hydrogen (secondary N) is 1. The first-order valence-corrected chi connectivity index (χ1v) is 6.81. The molecule has 17 heavy (non-hydrogen) atoms. The summed E-state index contributed by atoms with van der Waals surface area (Å²) in [5.74, 6) is 0.850. The Kier molecular flexibility index (Phi) is 4.85. The fraction of sp³-hybridized carbons (Fsp3) is 0.923. The molecule has 0 aromatic carbocycles. The summed E-state index contributed by atoms with van der Waals surface area (Å²) in [4.78, 5) is 12.1. The fourth-order valence-corrected chi connectivity index (χ4v) is 2.30. The van der Waals surface area contributed by atoms with Crippen LogP contribution in [0.2, 0.25) is 0 Å². The van der Waals surface area contributed by atoms with Gasteiger partial charge in [-0.1, -0.05) is 20.8 Å². The minimum Gasteiger partial charge on any atom is -0.374 e. The summed E-state index contributed by atoms with van der Waals surface area (Å²) in [6, 6.07) is 0. The molecule has 1 aliphatic rings. The first-order chi connectivity index (χ1) is 7.78. The number of halogens is 1. The number of hydrogen-bond donors (Lipinski definition) is 1. The zero-order valence-electron chi connectivity index (χ0n) is 11.4. The predicted molar refractivity (Wildman–Crippen MR) is 70.2 cm³/mol. The topological polar surface area (TPSA) is 38.3 Å². The number of amides is 1. The van der Waals surface area contributed by atoms with Gasteiger partial charge in [-0.2, -0.15) is 0 Å². The van der Waals surface area contributed by atoms with Crippen LogP contribution in [0.1, 0.15) is 34.6 Å². The lowest BCUT2D eigenvalue weighted by molar-refractivity contribution is -0.127. The van der Waals surface area contributed by atoms with Gasteiger partial charge in [0.05, 0.1) is 18.1 Å². The molecule has 1 N–H and O–H groups in total. The van der Waals surface area contributed by atoms with E-state index in [1.807, 2.05) is 27.7 Å². The number of alkyl halides is 1. The van der Waals surface area contributed by atoms with Crippen LogP contribution >= 0.6 is 11.6 Å². The number of rotatable bonds is 4. The highest BCUT2D eigenvalue weighted by Gasteiger charge is 2.41. The standard InChI is InChI=1S/C13H24ClNO2/c1-8-9(2)17-10(3)11(8)12(16)15-7-13(4,5)6-14/h8-11H,6-7H2,1-5H3,(H,15,16). The van der Waals surface area contributed by atoms with E-state index in [4.69, 9.17) is 16.3 Å². The third kappa shape index (κ3) is 3.59. The van der Waals surface area contributed by atoms with Crippen molar-refractivity contribution in [2.24, 2.45) is 17.3 Å². The molecule has 3 nitrogen and oxygen atoms in total. The molecule has 100 valence electrons. The summed E-state index contributed by atoms with van der Waals surface area (Å²) >= 11 is 5.84. The molecule has 4 unspecified atom stereocenters. The molecule has 0 aromatic rings. The maximum Gasteiger partial charge on any atom is 0.226 e. The first-order valence-electron chi connectivity index (χ1n) is 6.27. The molecule has 1 amide bonds. The zero-order valence-corrected chi connectivity index (χ0v) is 12.2. The number of ether oxygens (including phenoxy) is 1. The number of carbonyl (C=O) groups excluding carboxylic acids is 1. The zero-order chi connectivity index (χ0) is 13.2. The maximum absolute atomic E-state index is 12.1. The first kappa shape index (κ1) is 14.8. The Hall–Kier alpha value is -0.280. The second-order valence-electron chi connectivity index (χ2n) is 5.95. The van der Waals surface area contributed by atoms with Crippen LogP contribution in [0.15, 0.2) is 0 Å². The lowest BCUT2D eigenvalue weighted by Gasteiger charge is -2.24. The second-order valence-corrected chi connectivity index (χ2v) is 6.21. The molecular weight excluding hydrogens is 238 g/mol. The summed E-state index contributed by atoms with van der Waals surface area (Å²) in [6.07, 6.45) is 0.154. The molecule has 0 spiro atoms. The lowest BCUT2D eigenvalue weighted by Crippen LogP contribution is -2.42. The Morgan fingerprint density at radius 2 is 1.88 bits per heavy atom. The van der Waals surface area contributed by atoms with E-state index < -0.39 is 0 Å². The summed E-state index contributed by atoms with van der Waals surface area (Å²) in [6.45, 7) is 10.8. The van der Waals surface area contributed by atoms with Crippen molar-refractivity contribution in [2.75, 3.05) is 12.4 Å². The normalized spacial score (nSPS) is 33.8. The molecule has 1 aliphatic heterocycles. The quantitative estimate of drug-likeness (QED) is 0.790. The largest absolute Gasteiger partial charge is 0.374 e. The van der Waals surface area contributed by atoms with Crippen LogP contribution in [0, 0.1) is 17.3 Å². The second kappa shape index (κ2) is 5.57. The molecule has 0 aliphatic carbocycles. The van der Waals surface area contributed by atoms with E-state index in [2.05, 4.69) is 12.2 Å². The Morgan fingerprint density at radius 3 is 2.29 bits per heavy atom. The van der Waals surface area contributed by atoms with Gasteiger partial charge in [0.1, 0.15) is 0 Å². The van der Waals surface area contributed by atoms with Crippen LogP contribution in [-0.4, -0.2) is 30.5 Å². The van der Waals surface area contributed by atoms with Gasteiger partial charge in [0.15, 0.2) is 0 Å². The summed E-state index contributed by atoms with van der Waals surface area (Å²) in [5.41, 5.74) is -0.0607. The Balaban J connectivity index is 2.53. The van der Waals surface area contributed by atoms with E-state index in [0.717, 1.165) is 0 Å². The molecule has 1 heterocycles. The fourth-order valence-electron chi connectivity index (χ4n) is 2.21. The van der Waals surface area contributed by atoms with Crippen LogP contribution in [0.5, 0.6) is 0 Å². The minimum absolute atomic E-state index is 0.000821. The van der Waals surface area contributed by atoms with Crippen LogP contribution in [0.3, 0.4) is 0 Å². The molecule has 1 saturated heterocycles. The summed E-state index contributed by atoms with van der Waals surface area (Å²) < 4.78 is 5.68. The van der Waals surface area contributed by atoms with Gasteiger partial charge in [-0.3, -0.25) is 4.79 Å². The van der Waals surface area contributed by atoms with E-state index in [9.17, 15) is 4.79 Å². The van der Waals surface area contributed by atoms with E-state index >= 15 is 0 Å². The molecule has 4 heteroatoms. The van der Waals surface area contributed by atoms with Crippen LogP contribution in [0.25, 0.3) is 0 Å². The van der Waals surface area contributed by atoms with Gasteiger partial charge >= 0.3 is 0 Å². The van der Waals surface area contributed by atoms with Gasteiger partial charge in [0.25, 0.3) is 0 Å². The summed E-state index contributed by atoms with van der Waals surface area (Å²) in [7, 11) is 0. The molecule has 4 atom stereocenters. The van der Waals surface area contributed by atoms with E-state index in [1.165, 1.54) is 0 Å². The van der Waals surface area contributed by atoms with Crippen molar-refractivity contribution in [3.05, 3.63) is 0 Å². The van der Waals surface area contributed by atoms with Gasteiger partial charge < -0.3 is 10.1 Å². The highest BCUT2D eigenvalue weighted by Crippen LogP contribution is 2.32. The molecule has 1 rings (SSSR count). The Morgan fingerprint density at radius 1 is 1.29 bits per heavy atom. The SMILES string of the molecule is CC1OC(C)C(C(=O)NCC(C)(C)CCl)C1C. The highest BCUT2D eigenvalue weighted by atomic mass is 35.5. The highest BCUT2D eigenvalue weighted by molar-refractivity contribution is 6.18. The van der Waals surface area contributed by atoms with E-state index in [0.29, 0.717) is 12.4 Å². The van der Waals surface area contributed by atoms with Crippen molar-refractivity contribution in [2.45, 2.75) is 46.8 Å². The molecule has 0 bridgehead atoms. The van der Waals surface area contributed by atoms with Gasteiger partial charge in [-0.25, -0.2) is 0 Å². The monoisotopic (exact) mass is 261 g/mol. The van der Waals surface area contributed by atoms with Gasteiger partial charge in [-0.15, -0.1) is 11.6 Å². The lowest BCUT2D eigenvalue weighted by atomic mass is 9.88. The van der Waals surface area contributed by atoms with Crippen molar-refractivity contribution in [1.29, 1.82) is 0 Å². The van der Waals surface area contributed by atoms with Crippen molar-refractivity contribution in [1.82, 2.24) is 5.32 Å². The predicted octanol–water partition coefficient (Wildman–Crippen LogP) is 2.43. The molecule has 0 radical (unpaired) electrons. The smallest absolute Gasteiger partial charge is 0.226 e. The summed E-state index contributed by atoms with van der Waals surface area (Å²) in [5, 5.41) is 2.99. The average molecular weight is 262 g/mol. The molecule has 0 aromatic heterocycles. The van der Waals surface area contributed by atoms with Crippen molar-refractivity contribution >= 4 is 17.5 Å². The van der Waals surface area contributed by atoms with Crippen LogP contribution in [0.4, 0.5) is 0 Å². The molecule has 0 saturated carbocycles. The van der Waals surface area contributed by atoms with E-state index in [1.54, 1.807) is 0 Å². The molecule has 1 fully saturated rings. The van der Waals surface area contributed by atoms with Gasteiger partial charge in [0, 0.05) is 12.4 Å². The third-order valence-electron chi connectivity index (χ3n) is 3.65. The van der Waals surface area contributed by atoms with Crippen molar-refractivity contribution in [3.63, 3.8) is 0 Å². The maximum atomic E-state index is 12.1. The Labute approximate surface area is 109 Å². The molecular formula is C13H24ClNO2. The van der Waals surface area contributed by atoms with Crippen LogP contribution in [-0.2, 0) is 9.53 Å². The average Bonchev–Trinajstić information content (AvgIpc) is 2.50. The third-order valence-corrected chi connectivity index (χ3v) is 4.37. The van der Waals surface area contributed by atoms with Gasteiger partial charge in [0.2, 0.25) is 5.91 Å². The van der Waals surface area contributed by atoms with Crippen molar-refractivity contribution < 1.29 is 9.53 Å². The van der Waals surface area contributed by atoms with Crippen LogP contribution < -0.4 is 5.32 Å². The van der Waals surface area contributed by atoms with Gasteiger partial charge in [-0.05, 0) is 25.2 Å². The minimum atomic E-state index is -0.0607. The number of hydrogen-bond acceptors (Lipinski definition) is 2. The Bertz CT molecular complexity index is 281. The van der Waals surface area contributed by atoms with E-state index in [-0.39, 0.29) is 35.4 Å².